The maximum Gasteiger partial charge on any atom is 0.132 e. The van der Waals surface area contributed by atoms with Gasteiger partial charge in [0, 0.05) is 42.3 Å². The molecule has 0 radical (unpaired) electrons. The molecule has 0 aromatic heterocycles. The molecule has 1 aliphatic carbocycles. The number of fused-ring (bicyclic) bond motifs is 13. The normalized spacial score (nSPS) is 16.3. The quantitative estimate of drug-likeness (QED) is 0.121. The number of rotatable bonds is 6. The third kappa shape index (κ3) is 7.19. The van der Waals surface area contributed by atoms with Crippen LogP contribution in [-0.2, 0) is 29.6 Å². The molecule has 5 aliphatic rings. The van der Waals surface area contributed by atoms with Crippen molar-refractivity contribution in [2.24, 2.45) is 0 Å². The number of benzene rings is 10. The summed E-state index contributed by atoms with van der Waals surface area (Å²) in [5.41, 5.74) is 26.8. The fourth-order valence-corrected chi connectivity index (χ4v) is 25.5. The highest BCUT2D eigenvalue weighted by molar-refractivity contribution is 7.05. The average molecular weight is 1020 g/mol. The van der Waals surface area contributed by atoms with Crippen LogP contribution in [0.2, 0.25) is 0 Å². The lowest BCUT2D eigenvalue weighted by Crippen LogP contribution is -2.64. The highest BCUT2D eigenvalue weighted by Gasteiger charge is 2.50. The van der Waals surface area contributed by atoms with E-state index in [4.69, 9.17) is 0 Å². The molecule has 370 valence electrons. The molecule has 0 N–H and O–H groups in total. The molecule has 0 atom stereocenters. The molecule has 0 saturated carbocycles. The van der Waals surface area contributed by atoms with Crippen LogP contribution in [0.1, 0.15) is 69.5 Å². The second kappa shape index (κ2) is 17.4. The lowest BCUT2D eigenvalue weighted by molar-refractivity contribution is 0.660. The highest BCUT2D eigenvalue weighted by atomic mass is 28.3. The summed E-state index contributed by atoms with van der Waals surface area (Å²) in [6.07, 6.45) is 9.07. The molecule has 2 spiro atoms. The SMILES string of the molecule is CN1c2ccccc2[Si]2(Cc3ccccc3C2)c2ccc(-c3ccc(C=Cc4ccc5c(c4)C(C)(C)c4cc(C=Cc6ccc(-c7ccc8c(c7)N(C)c7ccccc7[Si]87Cc8ccccc8C7)cc6)ccc4-5)cc3)cc21. The van der Waals surface area contributed by atoms with Crippen LogP contribution in [0.25, 0.3) is 57.7 Å². The topological polar surface area (TPSA) is 6.48 Å². The van der Waals surface area contributed by atoms with Crippen molar-refractivity contribution in [3.63, 3.8) is 0 Å². The molecule has 4 aliphatic heterocycles. The minimum Gasteiger partial charge on any atom is -0.345 e. The highest BCUT2D eigenvalue weighted by Crippen LogP contribution is 2.50. The van der Waals surface area contributed by atoms with Crippen molar-refractivity contribution in [1.82, 2.24) is 0 Å². The molecule has 10 aromatic rings. The van der Waals surface area contributed by atoms with Crippen molar-refractivity contribution in [3.05, 3.63) is 274 Å². The summed E-state index contributed by atoms with van der Waals surface area (Å²) in [7, 11) is 0.476. The molecule has 0 amide bonds. The Morgan fingerprint density at radius 2 is 0.649 bits per heavy atom. The van der Waals surface area contributed by atoms with E-state index < -0.39 is 16.1 Å². The molecule has 0 bridgehead atoms. The van der Waals surface area contributed by atoms with E-state index in [1.807, 2.05) is 0 Å². The van der Waals surface area contributed by atoms with E-state index in [2.05, 4.69) is 280 Å². The summed E-state index contributed by atoms with van der Waals surface area (Å²) in [6, 6.07) is 88.3. The lowest BCUT2D eigenvalue weighted by atomic mass is 9.81. The molecular formula is C73H60N2Si2. The van der Waals surface area contributed by atoms with E-state index in [-0.39, 0.29) is 5.41 Å². The van der Waals surface area contributed by atoms with Gasteiger partial charge in [-0.15, -0.1) is 0 Å². The van der Waals surface area contributed by atoms with Crippen molar-refractivity contribution in [3.8, 4) is 33.4 Å². The molecule has 0 saturated heterocycles. The summed E-state index contributed by atoms with van der Waals surface area (Å²) >= 11 is 0. The van der Waals surface area contributed by atoms with Crippen molar-refractivity contribution < 1.29 is 0 Å². The lowest BCUT2D eigenvalue weighted by Gasteiger charge is -2.41. The van der Waals surface area contributed by atoms with Gasteiger partial charge >= 0.3 is 0 Å². The average Bonchev–Trinajstić information content (AvgIpc) is 4.36. The Kier molecular flexibility index (Phi) is 10.4. The van der Waals surface area contributed by atoms with Gasteiger partial charge in [-0.05, 0) is 158 Å². The molecule has 4 heteroatoms. The third-order valence-electron chi connectivity index (χ3n) is 18.7. The van der Waals surface area contributed by atoms with Crippen molar-refractivity contribution >= 4 is 83.9 Å². The maximum atomic E-state index is 2.48. The van der Waals surface area contributed by atoms with Gasteiger partial charge in [0.25, 0.3) is 0 Å². The molecule has 77 heavy (non-hydrogen) atoms. The van der Waals surface area contributed by atoms with Crippen molar-refractivity contribution in [1.29, 1.82) is 0 Å². The Hall–Kier alpha value is -8.29. The Morgan fingerprint density at radius 1 is 0.325 bits per heavy atom. The number of hydrogen-bond donors (Lipinski definition) is 0. The van der Waals surface area contributed by atoms with Crippen LogP contribution in [-0.4, -0.2) is 30.2 Å². The first-order valence-electron chi connectivity index (χ1n) is 27.6. The monoisotopic (exact) mass is 1020 g/mol. The number of hydrogen-bond acceptors (Lipinski definition) is 2. The Bertz CT molecular complexity index is 3810. The largest absolute Gasteiger partial charge is 0.345 e. The smallest absolute Gasteiger partial charge is 0.132 e. The van der Waals surface area contributed by atoms with E-state index in [1.54, 1.807) is 20.7 Å². The zero-order valence-electron chi connectivity index (χ0n) is 44.3. The standard InChI is InChI=1S/C73H60N2Si2/c1-73(2)63-41-51(23-21-49-25-31-53(32-26-49)55-35-39-71-67(43-55)74(3)65-17-9-11-19-69(65)76(71)45-57-13-5-6-14-58(57)46-76)29-37-61(63)62-38-30-52(42-64(62)73)24-22-50-27-33-54(34-28-50)56-36-40-72-68(44-56)75(4)66-18-10-12-20-70(66)77(72)47-59-15-7-8-16-60(59)48-77/h5-44H,45-48H2,1-4H3. The third-order valence-corrected chi connectivity index (χ3v) is 28.4. The maximum absolute atomic E-state index is 2.48. The van der Waals surface area contributed by atoms with Gasteiger partial charge in [-0.25, -0.2) is 0 Å². The fourth-order valence-electron chi connectivity index (χ4n) is 14.6. The molecule has 2 nitrogen and oxygen atoms in total. The van der Waals surface area contributed by atoms with Gasteiger partial charge in [0.2, 0.25) is 0 Å². The van der Waals surface area contributed by atoms with E-state index in [0.717, 1.165) is 0 Å². The number of para-hydroxylation sites is 2. The van der Waals surface area contributed by atoms with Crippen molar-refractivity contribution in [2.75, 3.05) is 23.9 Å². The fraction of sp³-hybridized carbons (Fsp3) is 0.123. The second-order valence-corrected chi connectivity index (χ2v) is 31.1. The second-order valence-electron chi connectivity index (χ2n) is 23.2. The van der Waals surface area contributed by atoms with Crippen LogP contribution >= 0.6 is 0 Å². The first-order valence-corrected chi connectivity index (χ1v) is 32.4. The van der Waals surface area contributed by atoms with Gasteiger partial charge in [0.05, 0.1) is 0 Å². The van der Waals surface area contributed by atoms with Crippen molar-refractivity contribution in [2.45, 2.75) is 43.4 Å². The van der Waals surface area contributed by atoms with Gasteiger partial charge in [-0.1, -0.05) is 232 Å². The van der Waals surface area contributed by atoms with Crippen LogP contribution in [0.3, 0.4) is 0 Å². The van der Waals surface area contributed by atoms with Crippen LogP contribution < -0.4 is 30.5 Å². The number of anilines is 4. The van der Waals surface area contributed by atoms with E-state index >= 15 is 0 Å². The summed E-state index contributed by atoms with van der Waals surface area (Å²) in [5.74, 6) is 0. The zero-order chi connectivity index (χ0) is 51.6. The molecule has 10 aromatic carbocycles. The van der Waals surface area contributed by atoms with Gasteiger partial charge in [-0.2, -0.15) is 0 Å². The predicted molar refractivity (Wildman–Crippen MR) is 332 cm³/mol. The summed E-state index contributed by atoms with van der Waals surface area (Å²) in [4.78, 5) is 4.88. The summed E-state index contributed by atoms with van der Waals surface area (Å²) in [6.45, 7) is 4.77. The van der Waals surface area contributed by atoms with E-state index in [0.29, 0.717) is 0 Å². The Morgan fingerprint density at radius 3 is 1.05 bits per heavy atom. The zero-order valence-corrected chi connectivity index (χ0v) is 46.3. The van der Waals surface area contributed by atoms with Gasteiger partial charge in [0.15, 0.2) is 0 Å². The molecular weight excluding hydrogens is 961 g/mol. The molecule has 4 heterocycles. The molecule has 0 fully saturated rings. The first-order chi connectivity index (χ1) is 37.6. The minimum atomic E-state index is -2.02. The van der Waals surface area contributed by atoms with Gasteiger partial charge in [-0.3, -0.25) is 0 Å². The summed E-state index contributed by atoms with van der Waals surface area (Å²) < 4.78 is 0. The van der Waals surface area contributed by atoms with Crippen LogP contribution in [0.4, 0.5) is 22.7 Å². The summed E-state index contributed by atoms with van der Waals surface area (Å²) in [5, 5.41) is 6.30. The van der Waals surface area contributed by atoms with Gasteiger partial charge < -0.3 is 9.80 Å². The van der Waals surface area contributed by atoms with Crippen LogP contribution in [0.5, 0.6) is 0 Å². The number of nitrogens with zero attached hydrogens (tertiary/aromatic N) is 2. The Labute approximate surface area is 456 Å². The first kappa shape index (κ1) is 46.1. The minimum absolute atomic E-state index is 0.120. The van der Waals surface area contributed by atoms with Gasteiger partial charge in [0.1, 0.15) is 16.1 Å². The Balaban J connectivity index is 0.638. The predicted octanol–water partition coefficient (Wildman–Crippen LogP) is 14.7. The van der Waals surface area contributed by atoms with E-state index in [1.165, 1.54) is 136 Å². The van der Waals surface area contributed by atoms with Crippen LogP contribution in [0, 0.1) is 0 Å². The molecule has 0 unspecified atom stereocenters. The molecule has 15 rings (SSSR count). The van der Waals surface area contributed by atoms with E-state index in [9.17, 15) is 0 Å². The van der Waals surface area contributed by atoms with Crippen LogP contribution in [0.15, 0.2) is 218 Å².